The van der Waals surface area contributed by atoms with E-state index < -0.39 is 11.5 Å². The van der Waals surface area contributed by atoms with Crippen molar-refractivity contribution < 1.29 is 14.4 Å². The van der Waals surface area contributed by atoms with Crippen LogP contribution in [0.5, 0.6) is 0 Å². The van der Waals surface area contributed by atoms with E-state index in [0.717, 1.165) is 29.7 Å². The van der Waals surface area contributed by atoms with Gasteiger partial charge in [-0.25, -0.2) is 4.98 Å². The van der Waals surface area contributed by atoms with E-state index in [-0.39, 0.29) is 23.6 Å². The molecule has 1 spiro atoms. The summed E-state index contributed by atoms with van der Waals surface area (Å²) in [6.45, 7) is 5.24. The number of imidazole rings is 1. The van der Waals surface area contributed by atoms with Gasteiger partial charge < -0.3 is 20.5 Å². The van der Waals surface area contributed by atoms with Crippen LogP contribution in [0.25, 0.3) is 11.0 Å². The Morgan fingerprint density at radius 2 is 2.13 bits per heavy atom. The van der Waals surface area contributed by atoms with Gasteiger partial charge in [-0.1, -0.05) is 26.0 Å². The Kier molecular flexibility index (Phi) is 5.49. The molecule has 0 bridgehead atoms. The number of aromatic nitrogens is 2. The number of carbonyl (C=O) groups excluding carboxylic acids is 3. The molecule has 1 aromatic heterocycles. The number of carbonyl (C=O) groups is 3. The van der Waals surface area contributed by atoms with Crippen LogP contribution in [0.15, 0.2) is 24.3 Å². The maximum atomic E-state index is 12.6. The summed E-state index contributed by atoms with van der Waals surface area (Å²) in [5.41, 5.74) is 1.33. The minimum atomic E-state index is -0.624. The molecule has 2 aliphatic rings. The molecule has 8 heteroatoms. The number of amides is 3. The van der Waals surface area contributed by atoms with Gasteiger partial charge in [0.05, 0.1) is 16.4 Å². The Labute approximate surface area is 175 Å². The molecule has 2 aliphatic heterocycles. The first-order valence-electron chi connectivity index (χ1n) is 10.7. The smallest absolute Gasteiger partial charge is 0.242 e. The van der Waals surface area contributed by atoms with Gasteiger partial charge in [-0.2, -0.15) is 0 Å². The first kappa shape index (κ1) is 20.4. The molecule has 3 N–H and O–H groups in total. The van der Waals surface area contributed by atoms with Crippen LogP contribution in [-0.4, -0.2) is 58.3 Å². The van der Waals surface area contributed by atoms with E-state index in [0.29, 0.717) is 32.5 Å². The first-order chi connectivity index (χ1) is 14.4. The zero-order chi connectivity index (χ0) is 21.3. The lowest BCUT2D eigenvalue weighted by Crippen LogP contribution is -2.42. The highest BCUT2D eigenvalue weighted by atomic mass is 16.2. The fourth-order valence-electron chi connectivity index (χ4n) is 4.50. The van der Waals surface area contributed by atoms with Crippen LogP contribution in [0.4, 0.5) is 0 Å². The largest absolute Gasteiger partial charge is 0.354 e. The molecule has 0 radical (unpaired) electrons. The molecule has 2 atom stereocenters. The molecule has 3 heterocycles. The standard InChI is InChI=1S/C22H29N5O3/c1-14(2)20(29)27-11-9-22(13-27)12-17(26-21(22)30)19(28)23-10-5-8-18-24-15-6-3-4-7-16(15)25-18/h3-4,6-7,14,17H,5,8-13H2,1-2H3,(H,23,28)(H,24,25)(H,26,30)/t17-,22+/m0/s1. The van der Waals surface area contributed by atoms with E-state index in [1.807, 2.05) is 38.1 Å². The molecule has 2 fully saturated rings. The highest BCUT2D eigenvalue weighted by Crippen LogP contribution is 2.39. The third-order valence-corrected chi connectivity index (χ3v) is 6.19. The molecular weight excluding hydrogens is 382 g/mol. The minimum Gasteiger partial charge on any atom is -0.354 e. The summed E-state index contributed by atoms with van der Waals surface area (Å²) in [5.74, 6) is 0.621. The van der Waals surface area contributed by atoms with Gasteiger partial charge in [0.2, 0.25) is 17.7 Å². The Hall–Kier alpha value is -2.90. The number of likely N-dealkylation sites (tertiary alicyclic amines) is 1. The van der Waals surface area contributed by atoms with E-state index in [4.69, 9.17) is 0 Å². The maximum absolute atomic E-state index is 12.6. The topological polar surface area (TPSA) is 107 Å². The minimum absolute atomic E-state index is 0.0677. The first-order valence-corrected chi connectivity index (χ1v) is 10.7. The molecule has 8 nitrogen and oxygen atoms in total. The highest BCUT2D eigenvalue weighted by Gasteiger charge is 2.53. The van der Waals surface area contributed by atoms with Crippen LogP contribution in [0.2, 0.25) is 0 Å². The van der Waals surface area contributed by atoms with Crippen molar-refractivity contribution in [2.45, 2.75) is 45.6 Å². The average Bonchev–Trinajstić information content (AvgIpc) is 3.42. The van der Waals surface area contributed by atoms with E-state index >= 15 is 0 Å². The zero-order valence-corrected chi connectivity index (χ0v) is 17.5. The summed E-state index contributed by atoms with van der Waals surface area (Å²) in [6, 6.07) is 7.35. The van der Waals surface area contributed by atoms with Crippen LogP contribution >= 0.6 is 0 Å². The summed E-state index contributed by atoms with van der Waals surface area (Å²) in [5, 5.41) is 5.78. The van der Waals surface area contributed by atoms with Crippen molar-refractivity contribution in [3.8, 4) is 0 Å². The summed E-state index contributed by atoms with van der Waals surface area (Å²) < 4.78 is 0. The number of aromatic amines is 1. The van der Waals surface area contributed by atoms with Crippen molar-refractivity contribution >= 4 is 28.8 Å². The van der Waals surface area contributed by atoms with Crippen LogP contribution in [0.3, 0.4) is 0 Å². The normalized spacial score (nSPS) is 23.5. The third-order valence-electron chi connectivity index (χ3n) is 6.19. The Balaban J connectivity index is 1.25. The Bertz CT molecular complexity index is 936. The van der Waals surface area contributed by atoms with Crippen molar-refractivity contribution in [3.05, 3.63) is 30.1 Å². The number of nitrogens with one attached hydrogen (secondary N) is 3. The van der Waals surface area contributed by atoms with Gasteiger partial charge in [0.1, 0.15) is 11.9 Å². The number of aryl methyl sites for hydroxylation is 1. The molecule has 0 aliphatic carbocycles. The molecule has 0 unspecified atom stereocenters. The Morgan fingerprint density at radius 3 is 2.90 bits per heavy atom. The number of rotatable bonds is 6. The summed E-state index contributed by atoms with van der Waals surface area (Å²) in [4.78, 5) is 47.0. The lowest BCUT2D eigenvalue weighted by atomic mass is 9.84. The number of benzene rings is 1. The second kappa shape index (κ2) is 8.08. The molecule has 2 saturated heterocycles. The van der Waals surface area contributed by atoms with Crippen LogP contribution in [-0.2, 0) is 20.8 Å². The Morgan fingerprint density at radius 1 is 1.33 bits per heavy atom. The monoisotopic (exact) mass is 411 g/mol. The van der Waals surface area contributed by atoms with Gasteiger partial charge in [0, 0.05) is 32.0 Å². The van der Waals surface area contributed by atoms with Crippen molar-refractivity contribution in [2.24, 2.45) is 11.3 Å². The van der Waals surface area contributed by atoms with E-state index in [9.17, 15) is 14.4 Å². The average molecular weight is 412 g/mol. The van der Waals surface area contributed by atoms with Crippen LogP contribution < -0.4 is 10.6 Å². The van der Waals surface area contributed by atoms with Gasteiger partial charge >= 0.3 is 0 Å². The number of para-hydroxylation sites is 2. The fourth-order valence-corrected chi connectivity index (χ4v) is 4.50. The van der Waals surface area contributed by atoms with Crippen molar-refractivity contribution in [1.82, 2.24) is 25.5 Å². The van der Waals surface area contributed by atoms with Crippen LogP contribution in [0, 0.1) is 11.3 Å². The molecule has 4 rings (SSSR count). The third kappa shape index (κ3) is 3.91. The lowest BCUT2D eigenvalue weighted by Gasteiger charge is -2.22. The van der Waals surface area contributed by atoms with Crippen LogP contribution in [0.1, 0.15) is 38.9 Å². The number of fused-ring (bicyclic) bond motifs is 1. The SMILES string of the molecule is CC(C)C(=O)N1CC[C@@]2(C[C@@H](C(=O)NCCCc3nc4ccccc4[nH]3)NC2=O)C1. The summed E-state index contributed by atoms with van der Waals surface area (Å²) in [7, 11) is 0. The van der Waals surface area contributed by atoms with Gasteiger partial charge in [0.25, 0.3) is 0 Å². The van der Waals surface area contributed by atoms with Crippen molar-refractivity contribution in [3.63, 3.8) is 0 Å². The molecule has 30 heavy (non-hydrogen) atoms. The molecule has 160 valence electrons. The van der Waals surface area contributed by atoms with Crippen molar-refractivity contribution in [1.29, 1.82) is 0 Å². The number of hydrogen-bond acceptors (Lipinski definition) is 4. The lowest BCUT2D eigenvalue weighted by molar-refractivity contribution is -0.134. The fraction of sp³-hybridized carbons (Fsp3) is 0.545. The second-order valence-electron chi connectivity index (χ2n) is 8.77. The van der Waals surface area contributed by atoms with E-state index in [2.05, 4.69) is 20.6 Å². The van der Waals surface area contributed by atoms with Gasteiger partial charge in [-0.15, -0.1) is 0 Å². The molecule has 2 aromatic rings. The maximum Gasteiger partial charge on any atom is 0.242 e. The van der Waals surface area contributed by atoms with Crippen molar-refractivity contribution in [2.75, 3.05) is 19.6 Å². The molecule has 1 aromatic carbocycles. The van der Waals surface area contributed by atoms with Gasteiger partial charge in [-0.05, 0) is 31.4 Å². The quantitative estimate of drug-likeness (QED) is 0.624. The van der Waals surface area contributed by atoms with Gasteiger partial charge in [0.15, 0.2) is 0 Å². The summed E-state index contributed by atoms with van der Waals surface area (Å²) in [6.07, 6.45) is 2.56. The predicted octanol–water partition coefficient (Wildman–Crippen LogP) is 1.37. The molecule has 3 amide bonds. The highest BCUT2D eigenvalue weighted by molar-refractivity contribution is 5.95. The van der Waals surface area contributed by atoms with E-state index in [1.54, 1.807) is 4.90 Å². The number of nitrogens with zero attached hydrogens (tertiary/aromatic N) is 2. The predicted molar refractivity (Wildman–Crippen MR) is 112 cm³/mol. The summed E-state index contributed by atoms with van der Waals surface area (Å²) >= 11 is 0. The molecular formula is C22H29N5O3. The zero-order valence-electron chi connectivity index (χ0n) is 17.5. The van der Waals surface area contributed by atoms with E-state index in [1.165, 1.54) is 0 Å². The van der Waals surface area contributed by atoms with Gasteiger partial charge in [-0.3, -0.25) is 14.4 Å². The number of hydrogen-bond donors (Lipinski definition) is 3. The molecule has 0 saturated carbocycles. The number of H-pyrrole nitrogens is 1. The second-order valence-corrected chi connectivity index (χ2v) is 8.77.